The zero-order valence-corrected chi connectivity index (χ0v) is 10.9. The number of amides is 1. The lowest BCUT2D eigenvalue weighted by Crippen LogP contribution is -2.35. The molecule has 0 spiro atoms. The van der Waals surface area contributed by atoms with Crippen LogP contribution in [0.3, 0.4) is 0 Å². The van der Waals surface area contributed by atoms with E-state index in [1.807, 2.05) is 24.3 Å². The van der Waals surface area contributed by atoms with Gasteiger partial charge >= 0.3 is 0 Å². The van der Waals surface area contributed by atoms with Gasteiger partial charge in [-0.25, -0.2) is 0 Å². The highest BCUT2D eigenvalue weighted by Crippen LogP contribution is 2.24. The summed E-state index contributed by atoms with van der Waals surface area (Å²) in [7, 11) is 0. The second-order valence-corrected chi connectivity index (χ2v) is 4.78. The number of nitrogens with two attached hydrogens (primary N) is 1. The van der Waals surface area contributed by atoms with Crippen LogP contribution < -0.4 is 15.4 Å². The van der Waals surface area contributed by atoms with E-state index in [0.29, 0.717) is 17.2 Å². The molecule has 0 aliphatic carbocycles. The fourth-order valence-electron chi connectivity index (χ4n) is 1.97. The second kappa shape index (κ2) is 5.82. The summed E-state index contributed by atoms with van der Waals surface area (Å²) in [5, 5.41) is 0. The zero-order chi connectivity index (χ0) is 13.0. The molecule has 0 bridgehead atoms. The number of benzene rings is 1. The molecule has 0 atom stereocenters. The third-order valence-corrected chi connectivity index (χ3v) is 2.95. The number of thiocarbonyl (C=S) groups is 1. The largest absolute Gasteiger partial charge is 0.486 e. The van der Waals surface area contributed by atoms with Crippen molar-refractivity contribution in [2.75, 3.05) is 18.1 Å². The van der Waals surface area contributed by atoms with Crippen molar-refractivity contribution in [3.63, 3.8) is 0 Å². The van der Waals surface area contributed by atoms with E-state index in [0.717, 1.165) is 25.1 Å². The molecular formula is C13H16N2O2S. The molecule has 0 saturated carbocycles. The van der Waals surface area contributed by atoms with Crippen LogP contribution in [0.4, 0.5) is 5.69 Å². The molecule has 96 valence electrons. The second-order valence-electron chi connectivity index (χ2n) is 4.25. The first-order chi connectivity index (χ1) is 8.66. The minimum Gasteiger partial charge on any atom is -0.486 e. The van der Waals surface area contributed by atoms with Gasteiger partial charge in [-0.1, -0.05) is 18.3 Å². The lowest BCUT2D eigenvalue weighted by atomic mass is 10.1. The van der Waals surface area contributed by atoms with Crippen LogP contribution in [0.2, 0.25) is 0 Å². The number of anilines is 1. The van der Waals surface area contributed by atoms with E-state index < -0.39 is 0 Å². The number of carbonyl (C=O) groups is 1. The number of rotatable bonds is 4. The summed E-state index contributed by atoms with van der Waals surface area (Å²) in [6, 6.07) is 7.46. The molecule has 1 fully saturated rings. The van der Waals surface area contributed by atoms with Gasteiger partial charge in [-0.05, 0) is 25.0 Å². The van der Waals surface area contributed by atoms with Crippen LogP contribution in [0, 0.1) is 0 Å². The van der Waals surface area contributed by atoms with Crippen LogP contribution >= 0.6 is 12.2 Å². The fraction of sp³-hybridized carbons (Fsp3) is 0.385. The number of carbonyl (C=O) groups excluding carboxylic acids is 1. The first-order valence-corrected chi connectivity index (χ1v) is 6.39. The Balaban J connectivity index is 2.10. The number of nitrogens with zero attached hydrogens (tertiary/aromatic N) is 1. The molecule has 1 aromatic carbocycles. The van der Waals surface area contributed by atoms with Crippen LogP contribution in [0.5, 0.6) is 5.75 Å². The Morgan fingerprint density at radius 3 is 3.00 bits per heavy atom. The molecule has 1 heterocycles. The van der Waals surface area contributed by atoms with Gasteiger partial charge < -0.3 is 15.4 Å². The Kier molecular flexibility index (Phi) is 4.15. The maximum atomic E-state index is 11.8. The van der Waals surface area contributed by atoms with Gasteiger partial charge in [-0.15, -0.1) is 0 Å². The third kappa shape index (κ3) is 3.20. The van der Waals surface area contributed by atoms with Crippen molar-refractivity contribution in [1.82, 2.24) is 0 Å². The minimum absolute atomic E-state index is 0.174. The van der Waals surface area contributed by atoms with Gasteiger partial charge in [0.2, 0.25) is 5.91 Å². The molecule has 1 amide bonds. The number of piperidine rings is 1. The molecule has 1 aliphatic rings. The maximum Gasteiger partial charge on any atom is 0.226 e. The highest BCUT2D eigenvalue weighted by atomic mass is 32.1. The molecule has 18 heavy (non-hydrogen) atoms. The van der Waals surface area contributed by atoms with Crippen LogP contribution in [-0.4, -0.2) is 24.0 Å². The Morgan fingerprint density at radius 1 is 1.44 bits per heavy atom. The average Bonchev–Trinajstić information content (AvgIpc) is 2.37. The third-order valence-electron chi connectivity index (χ3n) is 2.83. The molecule has 1 aromatic rings. The average molecular weight is 264 g/mol. The molecule has 2 rings (SSSR count). The van der Waals surface area contributed by atoms with Gasteiger partial charge in [-0.3, -0.25) is 4.79 Å². The SMILES string of the molecule is NC(=S)COc1cccc(N2CCCCC2=O)c1. The highest BCUT2D eigenvalue weighted by Gasteiger charge is 2.19. The van der Waals surface area contributed by atoms with Crippen LogP contribution in [0.25, 0.3) is 0 Å². The van der Waals surface area contributed by atoms with E-state index in [4.69, 9.17) is 22.7 Å². The molecule has 1 aliphatic heterocycles. The van der Waals surface area contributed by atoms with E-state index in [9.17, 15) is 4.79 Å². The topological polar surface area (TPSA) is 55.6 Å². The number of ether oxygens (including phenoxy) is 1. The Hall–Kier alpha value is -1.62. The predicted octanol–water partition coefficient (Wildman–Crippen LogP) is 1.87. The lowest BCUT2D eigenvalue weighted by Gasteiger charge is -2.27. The molecule has 0 unspecified atom stereocenters. The van der Waals surface area contributed by atoms with E-state index in [1.165, 1.54) is 0 Å². The Labute approximate surface area is 112 Å². The van der Waals surface area contributed by atoms with Crippen molar-refractivity contribution in [1.29, 1.82) is 0 Å². The highest BCUT2D eigenvalue weighted by molar-refractivity contribution is 7.80. The normalized spacial score (nSPS) is 15.6. The maximum absolute atomic E-state index is 11.8. The summed E-state index contributed by atoms with van der Waals surface area (Å²) in [6.07, 6.45) is 2.65. The summed E-state index contributed by atoms with van der Waals surface area (Å²) in [4.78, 5) is 13.9. The van der Waals surface area contributed by atoms with Crippen molar-refractivity contribution < 1.29 is 9.53 Å². The van der Waals surface area contributed by atoms with Crippen LogP contribution in [0.15, 0.2) is 24.3 Å². The van der Waals surface area contributed by atoms with Gasteiger partial charge in [0, 0.05) is 24.7 Å². The Morgan fingerprint density at radius 2 is 2.28 bits per heavy atom. The van der Waals surface area contributed by atoms with Crippen molar-refractivity contribution in [2.45, 2.75) is 19.3 Å². The smallest absolute Gasteiger partial charge is 0.226 e. The first kappa shape index (κ1) is 12.8. The molecule has 4 nitrogen and oxygen atoms in total. The van der Waals surface area contributed by atoms with E-state index >= 15 is 0 Å². The summed E-state index contributed by atoms with van der Waals surface area (Å²) in [6.45, 7) is 0.990. The molecule has 2 N–H and O–H groups in total. The fourth-order valence-corrected chi connectivity index (χ4v) is 2.03. The minimum atomic E-state index is 0.174. The van der Waals surface area contributed by atoms with Gasteiger partial charge in [0.15, 0.2) is 0 Å². The van der Waals surface area contributed by atoms with Gasteiger partial charge in [0.25, 0.3) is 0 Å². The van der Waals surface area contributed by atoms with E-state index in [1.54, 1.807) is 4.90 Å². The number of hydrogen-bond acceptors (Lipinski definition) is 3. The molecule has 0 aromatic heterocycles. The summed E-state index contributed by atoms with van der Waals surface area (Å²) >= 11 is 4.76. The van der Waals surface area contributed by atoms with Crippen LogP contribution in [-0.2, 0) is 4.79 Å². The number of hydrogen-bond donors (Lipinski definition) is 1. The van der Waals surface area contributed by atoms with Crippen molar-refractivity contribution in [3.05, 3.63) is 24.3 Å². The van der Waals surface area contributed by atoms with Crippen molar-refractivity contribution in [3.8, 4) is 5.75 Å². The van der Waals surface area contributed by atoms with Crippen molar-refractivity contribution >= 4 is 28.8 Å². The van der Waals surface area contributed by atoms with Gasteiger partial charge in [0.1, 0.15) is 17.3 Å². The monoisotopic (exact) mass is 264 g/mol. The Bertz CT molecular complexity index is 462. The molecule has 1 saturated heterocycles. The molecular weight excluding hydrogens is 248 g/mol. The van der Waals surface area contributed by atoms with E-state index in [-0.39, 0.29) is 12.5 Å². The van der Waals surface area contributed by atoms with Gasteiger partial charge in [0.05, 0.1) is 0 Å². The van der Waals surface area contributed by atoms with Crippen molar-refractivity contribution in [2.24, 2.45) is 5.73 Å². The zero-order valence-electron chi connectivity index (χ0n) is 10.1. The first-order valence-electron chi connectivity index (χ1n) is 5.98. The standard InChI is InChI=1S/C13H16N2O2S/c14-12(18)9-17-11-5-3-4-10(8-11)15-7-2-1-6-13(15)16/h3-5,8H,1-2,6-7,9H2,(H2,14,18). The van der Waals surface area contributed by atoms with Crippen LogP contribution in [0.1, 0.15) is 19.3 Å². The van der Waals surface area contributed by atoms with E-state index in [2.05, 4.69) is 0 Å². The summed E-state index contributed by atoms with van der Waals surface area (Å²) < 4.78 is 5.43. The predicted molar refractivity (Wildman–Crippen MR) is 74.9 cm³/mol. The lowest BCUT2D eigenvalue weighted by molar-refractivity contribution is -0.119. The molecule has 0 radical (unpaired) electrons. The van der Waals surface area contributed by atoms with Gasteiger partial charge in [-0.2, -0.15) is 0 Å². The summed E-state index contributed by atoms with van der Waals surface area (Å²) in [5.41, 5.74) is 6.26. The summed E-state index contributed by atoms with van der Waals surface area (Å²) in [5.74, 6) is 0.853. The molecule has 5 heteroatoms. The quantitative estimate of drug-likeness (QED) is 0.843.